The highest BCUT2D eigenvalue weighted by Crippen LogP contribution is 2.59. The number of anilines is 2. The Kier molecular flexibility index (Phi) is 4.46. The molecule has 3 fully saturated rings. The number of rotatable bonds is 3. The van der Waals surface area contributed by atoms with Crippen molar-refractivity contribution in [2.24, 2.45) is 0 Å². The van der Waals surface area contributed by atoms with E-state index in [0.717, 1.165) is 23.7 Å². The van der Waals surface area contributed by atoms with Crippen LogP contribution in [0.3, 0.4) is 0 Å². The fraction of sp³-hybridized carbons (Fsp3) is 0.381. The Bertz CT molecular complexity index is 1110. The molecule has 1 aromatic heterocycles. The second-order valence-electron chi connectivity index (χ2n) is 7.87. The quantitative estimate of drug-likeness (QED) is 0.726. The van der Waals surface area contributed by atoms with Gasteiger partial charge in [-0.2, -0.15) is 18.4 Å². The predicted octanol–water partition coefficient (Wildman–Crippen LogP) is 3.64. The summed E-state index contributed by atoms with van der Waals surface area (Å²) in [6.07, 6.45) is -1.52. The van der Waals surface area contributed by atoms with Crippen LogP contribution in [0, 0.1) is 11.3 Å². The average molecular weight is 446 g/mol. The van der Waals surface area contributed by atoms with E-state index in [2.05, 4.69) is 9.88 Å². The molecule has 2 unspecified atom stereocenters. The van der Waals surface area contributed by atoms with Crippen molar-refractivity contribution in [3.05, 3.63) is 53.3 Å². The van der Waals surface area contributed by atoms with Gasteiger partial charge in [0.05, 0.1) is 24.1 Å². The molecule has 1 saturated carbocycles. The third-order valence-electron chi connectivity index (χ3n) is 6.15. The van der Waals surface area contributed by atoms with Gasteiger partial charge in [0.25, 0.3) is 5.91 Å². The van der Waals surface area contributed by atoms with Gasteiger partial charge in [-0.05, 0) is 43.0 Å². The molecule has 1 amide bonds. The van der Waals surface area contributed by atoms with Gasteiger partial charge in [-0.1, -0.05) is 12.1 Å². The zero-order chi connectivity index (χ0) is 22.0. The minimum atomic E-state index is -4.74. The molecule has 10 heteroatoms. The summed E-state index contributed by atoms with van der Waals surface area (Å²) in [5.41, 5.74) is -1.05. The summed E-state index contributed by atoms with van der Waals surface area (Å²) in [6, 6.07) is 9.70. The summed E-state index contributed by atoms with van der Waals surface area (Å²) in [7, 11) is 0. The van der Waals surface area contributed by atoms with Gasteiger partial charge < -0.3 is 10.0 Å². The van der Waals surface area contributed by atoms with Crippen molar-refractivity contribution in [2.75, 3.05) is 9.80 Å². The number of pyridine rings is 1. The Morgan fingerprint density at radius 2 is 2.03 bits per heavy atom. The minimum absolute atomic E-state index is 0.0614. The van der Waals surface area contributed by atoms with Crippen molar-refractivity contribution in [3.63, 3.8) is 0 Å². The number of hydrogen-bond acceptors (Lipinski definition) is 6. The maximum absolute atomic E-state index is 13.7. The number of aliphatic hydroxyl groups excluding tert-OH is 1. The lowest BCUT2D eigenvalue weighted by atomic mass is 9.72. The second-order valence-corrected chi connectivity index (χ2v) is 9.11. The topological polar surface area (TPSA) is 80.5 Å². The molecule has 31 heavy (non-hydrogen) atoms. The van der Waals surface area contributed by atoms with Crippen LogP contribution in [0.5, 0.6) is 0 Å². The normalized spacial score (nSPS) is 23.9. The lowest BCUT2D eigenvalue weighted by Crippen LogP contribution is -2.69. The third-order valence-corrected chi connectivity index (χ3v) is 7.33. The van der Waals surface area contributed by atoms with Crippen molar-refractivity contribution in [1.82, 2.24) is 4.98 Å². The minimum Gasteiger partial charge on any atom is -0.392 e. The lowest BCUT2D eigenvalue weighted by molar-refractivity contribution is -0.138. The number of aliphatic hydroxyl groups is 1. The Labute approximate surface area is 180 Å². The fourth-order valence-corrected chi connectivity index (χ4v) is 5.70. The number of benzene rings is 1. The van der Waals surface area contributed by atoms with E-state index in [1.165, 1.54) is 28.9 Å². The summed E-state index contributed by atoms with van der Waals surface area (Å²) < 4.78 is 40.3. The van der Waals surface area contributed by atoms with E-state index in [1.54, 1.807) is 6.07 Å². The van der Waals surface area contributed by atoms with Crippen LogP contribution in [0.4, 0.5) is 24.5 Å². The molecule has 1 aliphatic carbocycles. The van der Waals surface area contributed by atoms with Crippen LogP contribution < -0.4 is 9.80 Å². The van der Waals surface area contributed by atoms with Crippen LogP contribution >= 0.6 is 11.8 Å². The highest BCUT2D eigenvalue weighted by Gasteiger charge is 2.66. The number of nitrogens with zero attached hydrogens (tertiary/aromatic N) is 4. The van der Waals surface area contributed by atoms with Crippen LogP contribution in [0.25, 0.3) is 0 Å². The second kappa shape index (κ2) is 6.87. The van der Waals surface area contributed by atoms with E-state index in [0.29, 0.717) is 12.8 Å². The number of hydrogen-bond donors (Lipinski definition) is 1. The SMILES string of the molecule is N#Cc1ncc(N2C(=O)C3(CCC3)N(c3cccc(CO)c3)C3SC32)cc1C(F)(F)F. The van der Waals surface area contributed by atoms with Crippen LogP contribution in [0.15, 0.2) is 36.5 Å². The number of halogens is 3. The van der Waals surface area contributed by atoms with Gasteiger partial charge in [0.2, 0.25) is 0 Å². The molecule has 3 aliphatic rings. The van der Waals surface area contributed by atoms with Crippen molar-refractivity contribution >= 4 is 29.0 Å². The first-order valence-corrected chi connectivity index (χ1v) is 10.7. The number of nitriles is 1. The molecule has 6 nitrogen and oxygen atoms in total. The summed E-state index contributed by atoms with van der Waals surface area (Å²) in [4.78, 5) is 20.9. The maximum Gasteiger partial charge on any atom is 0.419 e. The Morgan fingerprint density at radius 3 is 2.65 bits per heavy atom. The molecule has 0 radical (unpaired) electrons. The molecule has 2 aromatic rings. The Balaban J connectivity index is 1.56. The van der Waals surface area contributed by atoms with Crippen LogP contribution in [-0.4, -0.2) is 32.3 Å². The number of piperazine rings is 1. The molecule has 2 aliphatic heterocycles. The Hall–Kier alpha value is -2.77. The molecule has 1 N–H and O–H groups in total. The van der Waals surface area contributed by atoms with Gasteiger partial charge in [0, 0.05) is 5.69 Å². The van der Waals surface area contributed by atoms with Gasteiger partial charge in [-0.25, -0.2) is 4.98 Å². The van der Waals surface area contributed by atoms with Crippen LogP contribution in [-0.2, 0) is 17.6 Å². The summed E-state index contributed by atoms with van der Waals surface area (Å²) in [6.45, 7) is -0.118. The van der Waals surface area contributed by atoms with Crippen molar-refractivity contribution in [2.45, 2.75) is 48.3 Å². The molecule has 160 valence electrons. The number of amides is 1. The van der Waals surface area contributed by atoms with Crippen LogP contribution in [0.2, 0.25) is 0 Å². The average Bonchev–Trinajstić information content (AvgIpc) is 3.50. The molecule has 2 atom stereocenters. The van der Waals surface area contributed by atoms with Crippen molar-refractivity contribution < 1.29 is 23.1 Å². The fourth-order valence-electron chi connectivity index (χ4n) is 4.48. The zero-order valence-corrected chi connectivity index (χ0v) is 17.0. The van der Waals surface area contributed by atoms with E-state index in [1.807, 2.05) is 18.2 Å². The standard InChI is InChI=1S/C21H17F3N4O2S/c22-21(23,24)15-8-14(10-26-16(15)9-25)27-17-18(31-17)28(20(19(27)30)5-2-6-20)13-4-1-3-12(7-13)11-29/h1,3-4,7-8,10,17-18,29H,2,5-6,11H2. The summed E-state index contributed by atoms with van der Waals surface area (Å²) >= 11 is 1.49. The molecular weight excluding hydrogens is 429 g/mol. The van der Waals surface area contributed by atoms with Gasteiger partial charge in [-0.15, -0.1) is 11.8 Å². The monoisotopic (exact) mass is 446 g/mol. The first-order valence-electron chi connectivity index (χ1n) is 9.76. The van der Waals surface area contributed by atoms with E-state index in [9.17, 15) is 23.1 Å². The van der Waals surface area contributed by atoms with Crippen molar-refractivity contribution in [1.29, 1.82) is 5.26 Å². The van der Waals surface area contributed by atoms with Crippen LogP contribution in [0.1, 0.15) is 36.1 Å². The molecule has 5 rings (SSSR count). The van der Waals surface area contributed by atoms with Gasteiger partial charge in [0.1, 0.15) is 22.4 Å². The predicted molar refractivity (Wildman–Crippen MR) is 108 cm³/mol. The number of carbonyl (C=O) groups excluding carboxylic acids is 1. The first-order chi connectivity index (χ1) is 14.8. The van der Waals surface area contributed by atoms with E-state index < -0.39 is 23.0 Å². The molecule has 1 spiro atoms. The number of thioether (sulfide) groups is 1. The van der Waals surface area contributed by atoms with Crippen molar-refractivity contribution in [3.8, 4) is 6.07 Å². The van der Waals surface area contributed by atoms with E-state index in [-0.39, 0.29) is 28.9 Å². The summed E-state index contributed by atoms with van der Waals surface area (Å²) in [5, 5.41) is 18.1. The van der Waals surface area contributed by atoms with Gasteiger partial charge in [-0.3, -0.25) is 9.69 Å². The molecule has 0 bridgehead atoms. The summed E-state index contributed by atoms with van der Waals surface area (Å²) in [5.74, 6) is -0.251. The highest BCUT2D eigenvalue weighted by molar-refractivity contribution is 8.08. The highest BCUT2D eigenvalue weighted by atomic mass is 32.2. The van der Waals surface area contributed by atoms with E-state index in [4.69, 9.17) is 5.26 Å². The third kappa shape index (κ3) is 2.98. The molecular formula is C21H17F3N4O2S. The Morgan fingerprint density at radius 1 is 1.26 bits per heavy atom. The maximum atomic E-state index is 13.7. The number of carbonyl (C=O) groups is 1. The zero-order valence-electron chi connectivity index (χ0n) is 16.1. The molecule has 3 heterocycles. The number of alkyl halides is 3. The molecule has 1 aromatic carbocycles. The number of aromatic nitrogens is 1. The first kappa shape index (κ1) is 20.2. The van der Waals surface area contributed by atoms with Gasteiger partial charge >= 0.3 is 6.18 Å². The largest absolute Gasteiger partial charge is 0.419 e. The molecule has 2 saturated heterocycles. The van der Waals surface area contributed by atoms with Gasteiger partial charge in [0.15, 0.2) is 5.69 Å². The number of fused-ring (bicyclic) bond motifs is 1. The smallest absolute Gasteiger partial charge is 0.392 e. The lowest BCUT2D eigenvalue weighted by Gasteiger charge is -2.54. The van der Waals surface area contributed by atoms with E-state index >= 15 is 0 Å².